The number of carbonyl (C=O) groups is 2. The van der Waals surface area contributed by atoms with Crippen LogP contribution < -0.4 is 21.2 Å². The minimum Gasteiger partial charge on any atom is -0.497 e. The highest BCUT2D eigenvalue weighted by Crippen LogP contribution is 2.20. The van der Waals surface area contributed by atoms with Crippen LogP contribution in [0.3, 0.4) is 0 Å². The SMILES string of the molecule is COc1ccc2cc(C(=O)NCc3cccc(C(=O)NO)c3)c(=O)oc2c1. The van der Waals surface area contributed by atoms with Crippen molar-refractivity contribution in [1.82, 2.24) is 10.8 Å². The Bertz CT molecular complexity index is 1070. The van der Waals surface area contributed by atoms with Crippen LogP contribution in [0.25, 0.3) is 11.0 Å². The molecule has 0 fully saturated rings. The maximum absolute atomic E-state index is 12.4. The molecule has 3 N–H and O–H groups in total. The Morgan fingerprint density at radius 1 is 1.11 bits per heavy atom. The van der Waals surface area contributed by atoms with Crippen molar-refractivity contribution in [1.29, 1.82) is 0 Å². The molecule has 0 atom stereocenters. The van der Waals surface area contributed by atoms with Gasteiger partial charge < -0.3 is 14.5 Å². The number of ether oxygens (including phenoxy) is 1. The number of rotatable bonds is 5. The molecule has 2 amide bonds. The molecule has 8 heteroatoms. The summed E-state index contributed by atoms with van der Waals surface area (Å²) in [5.74, 6) is -0.720. The van der Waals surface area contributed by atoms with Crippen molar-refractivity contribution in [3.05, 3.63) is 75.6 Å². The quantitative estimate of drug-likeness (QED) is 0.359. The van der Waals surface area contributed by atoms with Gasteiger partial charge in [-0.15, -0.1) is 0 Å². The Labute approximate surface area is 153 Å². The fourth-order valence-electron chi connectivity index (χ4n) is 2.54. The Hall–Kier alpha value is -3.65. The third-order valence-electron chi connectivity index (χ3n) is 3.93. The van der Waals surface area contributed by atoms with Crippen LogP contribution in [0.2, 0.25) is 0 Å². The topological polar surface area (TPSA) is 118 Å². The molecule has 0 aliphatic heterocycles. The summed E-state index contributed by atoms with van der Waals surface area (Å²) in [5.41, 5.74) is 1.83. The minimum atomic E-state index is -0.762. The van der Waals surface area contributed by atoms with Crippen molar-refractivity contribution >= 4 is 22.8 Å². The average molecular weight is 368 g/mol. The highest BCUT2D eigenvalue weighted by molar-refractivity contribution is 5.97. The first-order chi connectivity index (χ1) is 13.0. The first-order valence-electron chi connectivity index (χ1n) is 7.95. The standard InChI is InChI=1S/C19H16N2O6/c1-26-14-6-5-12-8-15(19(24)27-16(12)9-14)18(23)20-10-11-3-2-4-13(7-11)17(22)21-25/h2-9,25H,10H2,1H3,(H,20,23)(H,21,22). The van der Waals surface area contributed by atoms with Gasteiger partial charge in [0.15, 0.2) is 0 Å². The van der Waals surface area contributed by atoms with Crippen molar-refractivity contribution < 1.29 is 24.0 Å². The summed E-state index contributed by atoms with van der Waals surface area (Å²) in [6, 6.07) is 12.7. The molecule has 0 aliphatic rings. The van der Waals surface area contributed by atoms with Gasteiger partial charge in [-0.25, -0.2) is 10.3 Å². The van der Waals surface area contributed by atoms with Crippen LogP contribution in [0.5, 0.6) is 5.75 Å². The van der Waals surface area contributed by atoms with E-state index in [1.165, 1.54) is 25.3 Å². The average Bonchev–Trinajstić information content (AvgIpc) is 2.70. The fraction of sp³-hybridized carbons (Fsp3) is 0.105. The number of hydrogen-bond donors (Lipinski definition) is 3. The number of carbonyl (C=O) groups excluding carboxylic acids is 2. The number of methoxy groups -OCH3 is 1. The largest absolute Gasteiger partial charge is 0.497 e. The first kappa shape index (κ1) is 18.2. The van der Waals surface area contributed by atoms with Crippen molar-refractivity contribution in [3.8, 4) is 5.75 Å². The van der Waals surface area contributed by atoms with Crippen LogP contribution in [0.4, 0.5) is 0 Å². The number of hydroxylamine groups is 1. The molecule has 0 bridgehead atoms. The van der Waals surface area contributed by atoms with Gasteiger partial charge in [-0.05, 0) is 35.9 Å². The molecule has 0 aliphatic carbocycles. The van der Waals surface area contributed by atoms with Gasteiger partial charge in [-0.3, -0.25) is 14.8 Å². The minimum absolute atomic E-state index is 0.0888. The van der Waals surface area contributed by atoms with Crippen LogP contribution >= 0.6 is 0 Å². The molecule has 2 aromatic carbocycles. The second-order valence-electron chi connectivity index (χ2n) is 5.68. The zero-order valence-corrected chi connectivity index (χ0v) is 14.3. The maximum atomic E-state index is 12.4. The lowest BCUT2D eigenvalue weighted by Crippen LogP contribution is -2.28. The number of nitrogens with one attached hydrogen (secondary N) is 2. The van der Waals surface area contributed by atoms with Crippen LogP contribution in [-0.4, -0.2) is 24.1 Å². The van der Waals surface area contributed by atoms with Gasteiger partial charge in [-0.2, -0.15) is 0 Å². The molecule has 27 heavy (non-hydrogen) atoms. The monoisotopic (exact) mass is 368 g/mol. The Kier molecular flexibility index (Phi) is 5.18. The third-order valence-corrected chi connectivity index (χ3v) is 3.93. The van der Waals surface area contributed by atoms with E-state index in [0.29, 0.717) is 22.3 Å². The van der Waals surface area contributed by atoms with Gasteiger partial charge in [-0.1, -0.05) is 12.1 Å². The molecular weight excluding hydrogens is 352 g/mol. The molecular formula is C19H16N2O6. The van der Waals surface area contributed by atoms with E-state index in [1.807, 2.05) is 0 Å². The Balaban J connectivity index is 1.79. The fourth-order valence-corrected chi connectivity index (χ4v) is 2.54. The van der Waals surface area contributed by atoms with E-state index in [4.69, 9.17) is 14.4 Å². The summed E-state index contributed by atoms with van der Waals surface area (Å²) in [7, 11) is 1.50. The molecule has 1 aromatic heterocycles. The summed E-state index contributed by atoms with van der Waals surface area (Å²) >= 11 is 0. The van der Waals surface area contributed by atoms with E-state index >= 15 is 0 Å². The summed E-state index contributed by atoms with van der Waals surface area (Å²) in [5, 5.41) is 11.9. The van der Waals surface area contributed by atoms with Crippen LogP contribution in [0.15, 0.2) is 57.7 Å². The Morgan fingerprint density at radius 3 is 2.67 bits per heavy atom. The predicted octanol–water partition coefficient (Wildman–Crippen LogP) is 1.85. The smallest absolute Gasteiger partial charge is 0.349 e. The van der Waals surface area contributed by atoms with Gasteiger partial charge in [0, 0.05) is 23.6 Å². The van der Waals surface area contributed by atoms with Crippen molar-refractivity contribution in [3.63, 3.8) is 0 Å². The van der Waals surface area contributed by atoms with Crippen molar-refractivity contribution in [2.45, 2.75) is 6.54 Å². The van der Waals surface area contributed by atoms with E-state index in [2.05, 4.69) is 5.32 Å². The molecule has 3 rings (SSSR count). The van der Waals surface area contributed by atoms with Gasteiger partial charge in [0.25, 0.3) is 11.8 Å². The summed E-state index contributed by atoms with van der Waals surface area (Å²) in [6.07, 6.45) is 0. The summed E-state index contributed by atoms with van der Waals surface area (Å²) in [6.45, 7) is 0.0888. The Morgan fingerprint density at radius 2 is 1.93 bits per heavy atom. The lowest BCUT2D eigenvalue weighted by Gasteiger charge is -2.07. The zero-order chi connectivity index (χ0) is 19.4. The van der Waals surface area contributed by atoms with Gasteiger partial charge in [0.05, 0.1) is 7.11 Å². The lowest BCUT2D eigenvalue weighted by atomic mass is 10.1. The molecule has 1 heterocycles. The zero-order valence-electron chi connectivity index (χ0n) is 14.3. The second kappa shape index (κ2) is 7.71. The molecule has 0 saturated heterocycles. The maximum Gasteiger partial charge on any atom is 0.349 e. The second-order valence-corrected chi connectivity index (χ2v) is 5.68. The molecule has 0 spiro atoms. The first-order valence-corrected chi connectivity index (χ1v) is 7.95. The molecule has 0 saturated carbocycles. The predicted molar refractivity (Wildman–Crippen MR) is 95.9 cm³/mol. The van der Waals surface area contributed by atoms with Crippen molar-refractivity contribution in [2.75, 3.05) is 7.11 Å². The van der Waals surface area contributed by atoms with Crippen LogP contribution in [0.1, 0.15) is 26.3 Å². The van der Waals surface area contributed by atoms with E-state index in [-0.39, 0.29) is 17.7 Å². The molecule has 0 radical (unpaired) electrons. The lowest BCUT2D eigenvalue weighted by molar-refractivity contribution is 0.0706. The van der Waals surface area contributed by atoms with Crippen LogP contribution in [0, 0.1) is 0 Å². The van der Waals surface area contributed by atoms with E-state index < -0.39 is 17.4 Å². The van der Waals surface area contributed by atoms with Gasteiger partial charge in [0.1, 0.15) is 16.9 Å². The number of hydrogen-bond acceptors (Lipinski definition) is 6. The summed E-state index contributed by atoms with van der Waals surface area (Å²) < 4.78 is 10.3. The highest BCUT2D eigenvalue weighted by atomic mass is 16.5. The molecule has 0 unspecified atom stereocenters. The van der Waals surface area contributed by atoms with Crippen molar-refractivity contribution in [2.24, 2.45) is 0 Å². The summed E-state index contributed by atoms with van der Waals surface area (Å²) in [4.78, 5) is 35.9. The number of benzene rings is 2. The normalized spacial score (nSPS) is 10.4. The molecule has 138 valence electrons. The number of amides is 2. The molecule has 3 aromatic rings. The van der Waals surface area contributed by atoms with E-state index in [0.717, 1.165) is 0 Å². The van der Waals surface area contributed by atoms with Gasteiger partial charge >= 0.3 is 5.63 Å². The number of fused-ring (bicyclic) bond motifs is 1. The molecule has 8 nitrogen and oxygen atoms in total. The third kappa shape index (κ3) is 3.96. The van der Waals surface area contributed by atoms with E-state index in [9.17, 15) is 14.4 Å². The highest BCUT2D eigenvalue weighted by Gasteiger charge is 2.14. The van der Waals surface area contributed by atoms with E-state index in [1.54, 1.807) is 35.8 Å². The van der Waals surface area contributed by atoms with Crippen LogP contribution in [-0.2, 0) is 6.54 Å². The van der Waals surface area contributed by atoms with Gasteiger partial charge in [0.2, 0.25) is 0 Å².